The summed E-state index contributed by atoms with van der Waals surface area (Å²) in [5.41, 5.74) is 3.94. The van der Waals surface area contributed by atoms with E-state index in [2.05, 4.69) is 86.6 Å². The van der Waals surface area contributed by atoms with E-state index >= 15 is 0 Å². The van der Waals surface area contributed by atoms with Crippen molar-refractivity contribution in [3.63, 3.8) is 0 Å². The summed E-state index contributed by atoms with van der Waals surface area (Å²) in [7, 11) is 2.00. The summed E-state index contributed by atoms with van der Waals surface area (Å²) in [6, 6.07) is 15.4. The van der Waals surface area contributed by atoms with Gasteiger partial charge in [-0.1, -0.05) is 75.5 Å². The zero-order valence-electron chi connectivity index (χ0n) is 11.8. The van der Waals surface area contributed by atoms with E-state index in [0.717, 1.165) is 15.4 Å². The smallest absolute Gasteiger partial charge is 0.0585 e. The number of benzene rings is 2. The van der Waals surface area contributed by atoms with Crippen molar-refractivity contribution >= 4 is 31.9 Å². The highest BCUT2D eigenvalue weighted by Gasteiger charge is 2.14. The van der Waals surface area contributed by atoms with Crippen molar-refractivity contribution in [2.24, 2.45) is 0 Å². The van der Waals surface area contributed by atoms with Crippen LogP contribution in [0.4, 0.5) is 0 Å². The van der Waals surface area contributed by atoms with Crippen LogP contribution in [-0.4, -0.2) is 7.05 Å². The van der Waals surface area contributed by atoms with Crippen molar-refractivity contribution in [2.45, 2.75) is 25.8 Å². The molecule has 20 heavy (non-hydrogen) atoms. The Bertz CT molecular complexity index is 564. The van der Waals surface area contributed by atoms with Gasteiger partial charge in [-0.15, -0.1) is 0 Å². The Morgan fingerprint density at radius 3 is 2.30 bits per heavy atom. The zero-order chi connectivity index (χ0) is 14.5. The molecule has 0 aliphatic heterocycles. The fourth-order valence-electron chi connectivity index (χ4n) is 2.40. The average Bonchev–Trinajstić information content (AvgIpc) is 2.44. The lowest BCUT2D eigenvalue weighted by Gasteiger charge is -2.19. The van der Waals surface area contributed by atoms with Crippen molar-refractivity contribution < 1.29 is 0 Å². The van der Waals surface area contributed by atoms with Gasteiger partial charge in [0, 0.05) is 8.95 Å². The summed E-state index contributed by atoms with van der Waals surface area (Å²) in [5.74, 6) is 0. The first kappa shape index (κ1) is 15.7. The number of aryl methyl sites for hydroxylation is 1. The maximum atomic E-state index is 3.66. The number of rotatable bonds is 5. The van der Waals surface area contributed by atoms with Crippen molar-refractivity contribution in [2.75, 3.05) is 7.05 Å². The fourth-order valence-corrected chi connectivity index (χ4v) is 3.68. The molecule has 1 atom stereocenters. The number of hydrogen-bond acceptors (Lipinski definition) is 1. The van der Waals surface area contributed by atoms with Crippen LogP contribution in [0.3, 0.4) is 0 Å². The average molecular weight is 397 g/mol. The predicted molar refractivity (Wildman–Crippen MR) is 93.2 cm³/mol. The largest absolute Gasteiger partial charge is 0.309 e. The van der Waals surface area contributed by atoms with Crippen LogP contribution in [0.5, 0.6) is 0 Å². The van der Waals surface area contributed by atoms with E-state index in [9.17, 15) is 0 Å². The predicted octanol–water partition coefficient (Wildman–Crippen LogP) is 5.47. The summed E-state index contributed by atoms with van der Waals surface area (Å²) in [4.78, 5) is 0. The first-order chi connectivity index (χ1) is 9.65. The molecule has 0 aromatic heterocycles. The molecule has 0 bridgehead atoms. The Hall–Kier alpha value is -0.640. The van der Waals surface area contributed by atoms with Gasteiger partial charge in [0.15, 0.2) is 0 Å². The molecule has 2 aromatic carbocycles. The van der Waals surface area contributed by atoms with E-state index < -0.39 is 0 Å². The van der Waals surface area contributed by atoms with Crippen LogP contribution in [0.25, 0.3) is 0 Å². The van der Waals surface area contributed by atoms with Gasteiger partial charge in [-0.05, 0) is 42.3 Å². The van der Waals surface area contributed by atoms with Crippen LogP contribution >= 0.6 is 31.9 Å². The minimum absolute atomic E-state index is 0.202. The molecule has 1 nitrogen and oxygen atoms in total. The molecule has 1 unspecified atom stereocenters. The second kappa shape index (κ2) is 7.39. The van der Waals surface area contributed by atoms with Crippen molar-refractivity contribution in [1.29, 1.82) is 0 Å². The molecule has 0 spiro atoms. The number of halogens is 2. The lowest BCUT2D eigenvalue weighted by Crippen LogP contribution is -2.18. The van der Waals surface area contributed by atoms with Gasteiger partial charge in [-0.25, -0.2) is 0 Å². The molecule has 2 rings (SSSR count). The SMILES string of the molecule is CCCc1ccc(C(NC)c2ccc(Br)cc2Br)cc1. The van der Waals surface area contributed by atoms with Gasteiger partial charge in [0.25, 0.3) is 0 Å². The van der Waals surface area contributed by atoms with Crippen molar-refractivity contribution in [1.82, 2.24) is 5.32 Å². The van der Waals surface area contributed by atoms with Crippen LogP contribution in [-0.2, 0) is 6.42 Å². The summed E-state index contributed by atoms with van der Waals surface area (Å²) < 4.78 is 2.20. The van der Waals surface area contributed by atoms with Crippen molar-refractivity contribution in [3.05, 3.63) is 68.1 Å². The van der Waals surface area contributed by atoms with Gasteiger partial charge in [0.05, 0.1) is 6.04 Å². The van der Waals surface area contributed by atoms with Gasteiger partial charge in [-0.2, -0.15) is 0 Å². The third-order valence-corrected chi connectivity index (χ3v) is 4.59. The summed E-state index contributed by atoms with van der Waals surface area (Å²) in [5, 5.41) is 3.40. The molecule has 106 valence electrons. The third kappa shape index (κ3) is 3.72. The molecule has 3 heteroatoms. The van der Waals surface area contributed by atoms with Gasteiger partial charge >= 0.3 is 0 Å². The summed E-state index contributed by atoms with van der Waals surface area (Å²) >= 11 is 7.16. The zero-order valence-corrected chi connectivity index (χ0v) is 15.0. The summed E-state index contributed by atoms with van der Waals surface area (Å²) in [6.45, 7) is 2.21. The Labute approximate surface area is 138 Å². The molecule has 0 aliphatic carbocycles. The second-order valence-electron chi connectivity index (χ2n) is 4.88. The quantitative estimate of drug-likeness (QED) is 0.706. The first-order valence-corrected chi connectivity index (χ1v) is 8.45. The Morgan fingerprint density at radius 1 is 1.05 bits per heavy atom. The Balaban J connectivity index is 2.31. The Kier molecular flexibility index (Phi) is 5.82. The lowest BCUT2D eigenvalue weighted by atomic mass is 9.97. The first-order valence-electron chi connectivity index (χ1n) is 6.86. The molecule has 0 radical (unpaired) electrons. The maximum absolute atomic E-state index is 3.66. The molecule has 0 heterocycles. The highest BCUT2D eigenvalue weighted by Crippen LogP contribution is 2.30. The molecule has 2 aromatic rings. The molecule has 0 saturated carbocycles. The maximum Gasteiger partial charge on any atom is 0.0585 e. The monoisotopic (exact) mass is 395 g/mol. The van der Waals surface area contributed by atoms with E-state index in [-0.39, 0.29) is 6.04 Å². The topological polar surface area (TPSA) is 12.0 Å². The van der Waals surface area contributed by atoms with E-state index in [1.165, 1.54) is 23.1 Å². The number of nitrogens with one attached hydrogen (secondary N) is 1. The van der Waals surface area contributed by atoms with Crippen LogP contribution in [0.1, 0.15) is 36.1 Å². The van der Waals surface area contributed by atoms with E-state index in [1.807, 2.05) is 7.05 Å². The van der Waals surface area contributed by atoms with Gasteiger partial charge < -0.3 is 5.32 Å². The lowest BCUT2D eigenvalue weighted by molar-refractivity contribution is 0.688. The van der Waals surface area contributed by atoms with Crippen LogP contribution < -0.4 is 5.32 Å². The molecule has 0 fully saturated rings. The molecular weight excluding hydrogens is 378 g/mol. The van der Waals surface area contributed by atoms with Crippen LogP contribution in [0, 0.1) is 0 Å². The van der Waals surface area contributed by atoms with Crippen LogP contribution in [0.15, 0.2) is 51.4 Å². The minimum Gasteiger partial charge on any atom is -0.309 e. The standard InChI is InChI=1S/C17H19Br2N/c1-3-4-12-5-7-13(8-6-12)17(20-2)15-10-9-14(18)11-16(15)19/h5-11,17,20H,3-4H2,1-2H3. The number of hydrogen-bond donors (Lipinski definition) is 1. The third-order valence-electron chi connectivity index (χ3n) is 3.41. The van der Waals surface area contributed by atoms with Gasteiger partial charge in [-0.3, -0.25) is 0 Å². The van der Waals surface area contributed by atoms with E-state index in [4.69, 9.17) is 0 Å². The molecule has 0 aliphatic rings. The Morgan fingerprint density at radius 2 is 1.75 bits per heavy atom. The highest BCUT2D eigenvalue weighted by atomic mass is 79.9. The van der Waals surface area contributed by atoms with E-state index in [0.29, 0.717) is 0 Å². The minimum atomic E-state index is 0.202. The molecule has 0 amide bonds. The normalized spacial score (nSPS) is 12.4. The van der Waals surface area contributed by atoms with Gasteiger partial charge in [0.2, 0.25) is 0 Å². The summed E-state index contributed by atoms with van der Waals surface area (Å²) in [6.07, 6.45) is 2.33. The van der Waals surface area contributed by atoms with Crippen LogP contribution in [0.2, 0.25) is 0 Å². The fraction of sp³-hybridized carbons (Fsp3) is 0.294. The molecule has 1 N–H and O–H groups in total. The van der Waals surface area contributed by atoms with E-state index in [1.54, 1.807) is 0 Å². The van der Waals surface area contributed by atoms with Gasteiger partial charge in [0.1, 0.15) is 0 Å². The molecule has 0 saturated heterocycles. The second-order valence-corrected chi connectivity index (χ2v) is 6.65. The van der Waals surface area contributed by atoms with Crippen molar-refractivity contribution in [3.8, 4) is 0 Å². The highest BCUT2D eigenvalue weighted by molar-refractivity contribution is 9.11. The molecular formula is C17H19Br2N.